The van der Waals surface area contributed by atoms with Gasteiger partial charge in [-0.2, -0.15) is 0 Å². The molecule has 2 rings (SSSR count). The third-order valence-electron chi connectivity index (χ3n) is 5.04. The number of alkyl carbamates (subject to hydrolysis) is 1. The van der Waals surface area contributed by atoms with E-state index in [1.54, 1.807) is 41.5 Å². The fourth-order valence-corrected chi connectivity index (χ4v) is 4.53. The van der Waals surface area contributed by atoms with Gasteiger partial charge in [0.15, 0.2) is 0 Å². The second kappa shape index (κ2) is 7.73. The molecule has 7 nitrogen and oxygen atoms in total. The molecule has 1 N–H and O–H groups in total. The number of nitrogens with one attached hydrogen (secondary N) is 1. The van der Waals surface area contributed by atoms with E-state index in [2.05, 4.69) is 5.32 Å². The highest BCUT2D eigenvalue weighted by atomic mass is 35.5. The molecule has 9 heteroatoms. The van der Waals surface area contributed by atoms with Crippen LogP contribution in [0.15, 0.2) is 0 Å². The van der Waals surface area contributed by atoms with Crippen LogP contribution in [0.5, 0.6) is 0 Å². The van der Waals surface area contributed by atoms with Crippen LogP contribution in [0, 0.1) is 17.3 Å². The maximum absolute atomic E-state index is 13.5. The molecule has 172 valence electrons. The predicted molar refractivity (Wildman–Crippen MR) is 115 cm³/mol. The van der Waals surface area contributed by atoms with Crippen molar-refractivity contribution in [3.05, 3.63) is 0 Å². The van der Waals surface area contributed by atoms with Crippen LogP contribution in [-0.4, -0.2) is 57.0 Å². The number of piperidine rings is 1. The van der Waals surface area contributed by atoms with Gasteiger partial charge in [0.1, 0.15) is 27.6 Å². The van der Waals surface area contributed by atoms with Gasteiger partial charge in [0, 0.05) is 18.4 Å². The van der Waals surface area contributed by atoms with Gasteiger partial charge in [-0.05, 0) is 47.0 Å². The number of amides is 2. The number of ether oxygens (including phenoxy) is 2. The number of likely N-dealkylation sites (tertiary alicyclic amines) is 1. The van der Waals surface area contributed by atoms with E-state index in [4.69, 9.17) is 32.7 Å². The molecule has 2 fully saturated rings. The smallest absolute Gasteiger partial charge is 0.408 e. The number of hydrogen-bond acceptors (Lipinski definition) is 5. The van der Waals surface area contributed by atoms with Crippen molar-refractivity contribution in [3.8, 4) is 0 Å². The third kappa shape index (κ3) is 5.52. The number of halogens is 2. The fraction of sp³-hybridized carbons (Fsp3) is 0.857. The third-order valence-corrected chi connectivity index (χ3v) is 6.10. The molecule has 1 saturated carbocycles. The van der Waals surface area contributed by atoms with Crippen LogP contribution in [0.4, 0.5) is 4.79 Å². The van der Waals surface area contributed by atoms with Crippen LogP contribution in [0.2, 0.25) is 0 Å². The molecule has 2 amide bonds. The van der Waals surface area contributed by atoms with Crippen LogP contribution < -0.4 is 5.32 Å². The van der Waals surface area contributed by atoms with Gasteiger partial charge in [0.25, 0.3) is 0 Å². The van der Waals surface area contributed by atoms with E-state index in [0.29, 0.717) is 0 Å². The number of fused-ring (bicyclic) bond motifs is 1. The lowest BCUT2D eigenvalue weighted by Crippen LogP contribution is -2.59. The monoisotopic (exact) mass is 464 g/mol. The molecule has 2 aliphatic rings. The maximum atomic E-state index is 13.5. The zero-order valence-corrected chi connectivity index (χ0v) is 20.8. The minimum absolute atomic E-state index is 0.218. The van der Waals surface area contributed by atoms with Crippen LogP contribution in [0.1, 0.15) is 62.3 Å². The van der Waals surface area contributed by atoms with Crippen LogP contribution in [-0.2, 0) is 19.1 Å². The van der Waals surface area contributed by atoms with Gasteiger partial charge in [-0.25, -0.2) is 9.59 Å². The zero-order valence-electron chi connectivity index (χ0n) is 19.3. The fourth-order valence-electron chi connectivity index (χ4n) is 3.70. The number of alkyl halides is 2. The van der Waals surface area contributed by atoms with E-state index in [1.165, 1.54) is 4.90 Å². The van der Waals surface area contributed by atoms with Gasteiger partial charge in [-0.15, -0.1) is 23.2 Å². The Morgan fingerprint density at radius 2 is 1.47 bits per heavy atom. The zero-order chi connectivity index (χ0) is 23.4. The van der Waals surface area contributed by atoms with Gasteiger partial charge in [-0.1, -0.05) is 20.8 Å². The summed E-state index contributed by atoms with van der Waals surface area (Å²) in [6.07, 6.45) is -0.696. The van der Waals surface area contributed by atoms with E-state index in [1.807, 2.05) is 20.8 Å². The van der Waals surface area contributed by atoms with E-state index in [-0.39, 0.29) is 18.4 Å². The van der Waals surface area contributed by atoms with Crippen molar-refractivity contribution in [1.29, 1.82) is 0 Å². The van der Waals surface area contributed by atoms with Crippen molar-refractivity contribution >= 4 is 41.2 Å². The Balaban J connectivity index is 2.27. The molecule has 0 spiro atoms. The van der Waals surface area contributed by atoms with Gasteiger partial charge >= 0.3 is 12.1 Å². The summed E-state index contributed by atoms with van der Waals surface area (Å²) in [7, 11) is 0. The molecule has 0 radical (unpaired) electrons. The highest BCUT2D eigenvalue weighted by molar-refractivity contribution is 6.51. The Morgan fingerprint density at radius 1 is 0.967 bits per heavy atom. The molecule has 0 aromatic carbocycles. The first-order chi connectivity index (χ1) is 13.3. The van der Waals surface area contributed by atoms with Crippen molar-refractivity contribution in [3.63, 3.8) is 0 Å². The van der Waals surface area contributed by atoms with Crippen molar-refractivity contribution < 1.29 is 23.9 Å². The Hall–Kier alpha value is -1.21. The molecule has 0 bridgehead atoms. The maximum Gasteiger partial charge on any atom is 0.408 e. The summed E-state index contributed by atoms with van der Waals surface area (Å²) in [5.41, 5.74) is -2.06. The Bertz CT molecular complexity index is 718. The summed E-state index contributed by atoms with van der Waals surface area (Å²) in [5, 5.41) is 2.68. The van der Waals surface area contributed by atoms with Crippen molar-refractivity contribution in [2.45, 2.75) is 89.9 Å². The molecule has 0 unspecified atom stereocenters. The van der Waals surface area contributed by atoms with E-state index in [0.717, 1.165) is 0 Å². The summed E-state index contributed by atoms with van der Waals surface area (Å²) in [6, 6.07) is -1.81. The Morgan fingerprint density at radius 3 is 1.90 bits per heavy atom. The molecule has 30 heavy (non-hydrogen) atoms. The summed E-state index contributed by atoms with van der Waals surface area (Å²) >= 11 is 12.7. The normalized spacial score (nSPS) is 26.5. The van der Waals surface area contributed by atoms with E-state index >= 15 is 0 Å². The highest BCUT2D eigenvalue weighted by Crippen LogP contribution is 2.65. The lowest BCUT2D eigenvalue weighted by Gasteiger charge is -2.37. The number of rotatable bonds is 3. The largest absolute Gasteiger partial charge is 0.458 e. The van der Waals surface area contributed by atoms with Crippen LogP contribution in [0.25, 0.3) is 0 Å². The summed E-state index contributed by atoms with van der Waals surface area (Å²) in [5.74, 6) is -1.55. The first kappa shape index (κ1) is 25.1. The quantitative estimate of drug-likeness (QED) is 0.505. The molecule has 1 saturated heterocycles. The van der Waals surface area contributed by atoms with Crippen LogP contribution in [0.3, 0.4) is 0 Å². The lowest BCUT2D eigenvalue weighted by molar-refractivity contribution is -0.165. The number of nitrogens with zero attached hydrogens (tertiary/aromatic N) is 1. The minimum Gasteiger partial charge on any atom is -0.458 e. The molecule has 4 atom stereocenters. The van der Waals surface area contributed by atoms with Crippen molar-refractivity contribution in [2.75, 3.05) is 6.54 Å². The minimum atomic E-state index is -1.06. The molecule has 1 aliphatic carbocycles. The lowest BCUT2D eigenvalue weighted by atomic mass is 9.85. The Kier molecular flexibility index (Phi) is 6.46. The molecule has 1 heterocycles. The molecular weight excluding hydrogens is 431 g/mol. The number of carbonyl (C=O) groups excluding carboxylic acids is 3. The van der Waals surface area contributed by atoms with Gasteiger partial charge < -0.3 is 19.7 Å². The van der Waals surface area contributed by atoms with Gasteiger partial charge in [-0.3, -0.25) is 4.79 Å². The second-order valence-corrected chi connectivity index (χ2v) is 12.7. The molecule has 0 aromatic rings. The van der Waals surface area contributed by atoms with Crippen LogP contribution >= 0.6 is 23.2 Å². The summed E-state index contributed by atoms with van der Waals surface area (Å²) in [6.45, 7) is 16.2. The highest BCUT2D eigenvalue weighted by Gasteiger charge is 2.74. The average Bonchev–Trinajstić information content (AvgIpc) is 2.87. The summed E-state index contributed by atoms with van der Waals surface area (Å²) < 4.78 is 9.81. The molecular formula is C21H34Cl2N2O5. The average molecular weight is 465 g/mol. The number of hydrogen-bond donors (Lipinski definition) is 1. The number of carbonyl (C=O) groups is 3. The summed E-state index contributed by atoms with van der Waals surface area (Å²) in [4.78, 5) is 40.3. The Labute approximate surface area is 189 Å². The van der Waals surface area contributed by atoms with E-state index < -0.39 is 51.0 Å². The van der Waals surface area contributed by atoms with Crippen molar-refractivity contribution in [1.82, 2.24) is 10.2 Å². The standard InChI is InChI=1S/C21H34Cl2N2O5/c1-18(2,3)14(24-17(28)30-20(7,8)9)15(26)25-10-11-12(21(11,22)23)13(25)16(27)29-19(4,5)6/h11-14H,10H2,1-9H3,(H,24,28)/t11-,12-,13-,14+/m0/s1. The van der Waals surface area contributed by atoms with Gasteiger partial charge in [0.2, 0.25) is 5.91 Å². The first-order valence-electron chi connectivity index (χ1n) is 10.2. The van der Waals surface area contributed by atoms with E-state index in [9.17, 15) is 14.4 Å². The van der Waals surface area contributed by atoms with Gasteiger partial charge in [0.05, 0.1) is 0 Å². The van der Waals surface area contributed by atoms with Crippen molar-refractivity contribution in [2.24, 2.45) is 17.3 Å². The topological polar surface area (TPSA) is 84.9 Å². The first-order valence-corrected chi connectivity index (χ1v) is 10.9. The molecule has 0 aromatic heterocycles. The number of esters is 1. The molecule has 1 aliphatic heterocycles. The second-order valence-electron chi connectivity index (χ2n) is 11.2. The SMILES string of the molecule is CC(C)(C)OC(=O)N[C@H](C(=O)N1C[C@H]2[C@@H]([C@H]1C(=O)OC(C)(C)C)C2(Cl)Cl)C(C)(C)C. The predicted octanol–water partition coefficient (Wildman–Crippen LogP) is 3.90.